The molecular formula is C21H26F3N2O3+. The van der Waals surface area contributed by atoms with E-state index >= 15 is 0 Å². The number of nitrogens with two attached hydrogens (primary N) is 1. The number of methoxy groups -OCH3 is 1. The first-order chi connectivity index (χ1) is 13.8. The zero-order chi connectivity index (χ0) is 21.4. The molecule has 0 aromatic heterocycles. The highest BCUT2D eigenvalue weighted by molar-refractivity contribution is 5.76. The molecule has 0 saturated heterocycles. The number of alkyl halides is 2. The molecule has 0 fully saturated rings. The Morgan fingerprint density at radius 3 is 2.38 bits per heavy atom. The van der Waals surface area contributed by atoms with Gasteiger partial charge in [0.1, 0.15) is 11.9 Å². The molecule has 0 saturated carbocycles. The van der Waals surface area contributed by atoms with Gasteiger partial charge < -0.3 is 20.1 Å². The number of quaternary nitrogens is 1. The van der Waals surface area contributed by atoms with E-state index in [9.17, 15) is 18.0 Å². The first-order valence-electron chi connectivity index (χ1n) is 9.27. The predicted molar refractivity (Wildman–Crippen MR) is 102 cm³/mol. The molecule has 2 rings (SSSR count). The van der Waals surface area contributed by atoms with Crippen LogP contribution in [-0.4, -0.2) is 26.2 Å². The number of carbonyl (C=O) groups is 1. The second-order valence-corrected chi connectivity index (χ2v) is 6.90. The van der Waals surface area contributed by atoms with Crippen LogP contribution in [-0.2, 0) is 11.3 Å². The van der Waals surface area contributed by atoms with E-state index in [1.807, 2.05) is 19.2 Å². The standard InChI is InChI=1S/C21H25F3N2O3/c1-13(2)20(15-5-7-16(22)8-6-15)26-12-19(27)25-11-14-4-9-17(29-21(23)24)18(10-14)28-3/h4-10,13,20-21,26H,11-12H2,1-3H3,(H,25,27)/p+1/t20-/m0/s1. The third-order valence-corrected chi connectivity index (χ3v) is 4.46. The van der Waals surface area contributed by atoms with Crippen LogP contribution in [0.15, 0.2) is 42.5 Å². The van der Waals surface area contributed by atoms with Crippen molar-refractivity contribution >= 4 is 5.91 Å². The van der Waals surface area contributed by atoms with E-state index in [1.165, 1.54) is 31.4 Å². The molecule has 0 spiro atoms. The van der Waals surface area contributed by atoms with E-state index in [0.717, 1.165) is 5.56 Å². The molecular weight excluding hydrogens is 385 g/mol. The molecule has 0 heterocycles. The second kappa shape index (κ2) is 10.7. The van der Waals surface area contributed by atoms with Crippen LogP contribution >= 0.6 is 0 Å². The number of nitrogens with one attached hydrogen (secondary N) is 1. The highest BCUT2D eigenvalue weighted by Gasteiger charge is 2.20. The SMILES string of the molecule is COc1cc(CNC(=O)C[NH2+][C@H](c2ccc(F)cc2)C(C)C)ccc1OC(F)F. The molecule has 3 N–H and O–H groups in total. The molecule has 0 aliphatic heterocycles. The summed E-state index contributed by atoms with van der Waals surface area (Å²) in [6, 6.07) is 10.8. The van der Waals surface area contributed by atoms with Gasteiger partial charge in [-0.1, -0.05) is 32.0 Å². The number of benzene rings is 2. The average Bonchev–Trinajstić information content (AvgIpc) is 2.68. The minimum absolute atomic E-state index is 0.0206. The van der Waals surface area contributed by atoms with Crippen LogP contribution < -0.4 is 20.1 Å². The molecule has 2 aromatic carbocycles. The average molecular weight is 411 g/mol. The molecule has 1 amide bonds. The maximum absolute atomic E-state index is 13.1. The fourth-order valence-corrected chi connectivity index (χ4v) is 3.00. The normalized spacial score (nSPS) is 12.1. The summed E-state index contributed by atoms with van der Waals surface area (Å²) >= 11 is 0. The zero-order valence-electron chi connectivity index (χ0n) is 16.6. The van der Waals surface area contributed by atoms with Crippen molar-refractivity contribution in [3.05, 3.63) is 59.4 Å². The van der Waals surface area contributed by atoms with Gasteiger partial charge in [0.05, 0.1) is 7.11 Å². The number of rotatable bonds is 10. The summed E-state index contributed by atoms with van der Waals surface area (Å²) in [6.45, 7) is 1.56. The van der Waals surface area contributed by atoms with Crippen LogP contribution in [0.1, 0.15) is 31.0 Å². The number of amides is 1. The smallest absolute Gasteiger partial charge is 0.387 e. The van der Waals surface area contributed by atoms with Gasteiger partial charge in [-0.3, -0.25) is 4.79 Å². The Labute approximate surface area is 168 Å². The highest BCUT2D eigenvalue weighted by Crippen LogP contribution is 2.29. The molecule has 8 heteroatoms. The summed E-state index contributed by atoms with van der Waals surface area (Å²) in [4.78, 5) is 12.2. The predicted octanol–water partition coefficient (Wildman–Crippen LogP) is 3.01. The summed E-state index contributed by atoms with van der Waals surface area (Å²) in [5, 5.41) is 4.70. The fraction of sp³-hybridized carbons (Fsp3) is 0.381. The van der Waals surface area contributed by atoms with Crippen LogP contribution in [0.3, 0.4) is 0 Å². The van der Waals surface area contributed by atoms with Crippen molar-refractivity contribution in [2.24, 2.45) is 5.92 Å². The lowest BCUT2D eigenvalue weighted by molar-refractivity contribution is -0.692. The van der Waals surface area contributed by atoms with Gasteiger partial charge in [0.25, 0.3) is 5.91 Å². The van der Waals surface area contributed by atoms with Crippen molar-refractivity contribution in [2.75, 3.05) is 13.7 Å². The second-order valence-electron chi connectivity index (χ2n) is 6.90. The number of carbonyl (C=O) groups excluding carboxylic acids is 1. The summed E-state index contributed by atoms with van der Waals surface area (Å²) < 4.78 is 47.3. The Balaban J connectivity index is 1.91. The summed E-state index contributed by atoms with van der Waals surface area (Å²) in [7, 11) is 1.35. The van der Waals surface area contributed by atoms with E-state index in [-0.39, 0.29) is 48.3 Å². The van der Waals surface area contributed by atoms with Crippen molar-refractivity contribution < 1.29 is 32.8 Å². The van der Waals surface area contributed by atoms with Gasteiger partial charge in [-0.15, -0.1) is 0 Å². The quantitative estimate of drug-likeness (QED) is 0.632. The van der Waals surface area contributed by atoms with Gasteiger partial charge in [-0.2, -0.15) is 8.78 Å². The molecule has 5 nitrogen and oxygen atoms in total. The molecule has 2 aromatic rings. The largest absolute Gasteiger partial charge is 0.493 e. The molecule has 0 bridgehead atoms. The van der Waals surface area contributed by atoms with Crippen molar-refractivity contribution in [3.8, 4) is 11.5 Å². The molecule has 29 heavy (non-hydrogen) atoms. The first-order valence-corrected chi connectivity index (χ1v) is 9.27. The monoisotopic (exact) mass is 411 g/mol. The van der Waals surface area contributed by atoms with Gasteiger partial charge >= 0.3 is 6.61 Å². The maximum Gasteiger partial charge on any atom is 0.387 e. The van der Waals surface area contributed by atoms with Gasteiger partial charge in [-0.25, -0.2) is 4.39 Å². The van der Waals surface area contributed by atoms with Crippen LogP contribution in [0.5, 0.6) is 11.5 Å². The van der Waals surface area contributed by atoms with E-state index in [2.05, 4.69) is 10.1 Å². The van der Waals surface area contributed by atoms with Crippen molar-refractivity contribution in [2.45, 2.75) is 33.0 Å². The van der Waals surface area contributed by atoms with E-state index < -0.39 is 6.61 Å². The van der Waals surface area contributed by atoms with Gasteiger partial charge in [0.2, 0.25) is 0 Å². The molecule has 0 aliphatic carbocycles. The van der Waals surface area contributed by atoms with E-state index in [4.69, 9.17) is 4.74 Å². The lowest BCUT2D eigenvalue weighted by atomic mass is 9.96. The van der Waals surface area contributed by atoms with Crippen molar-refractivity contribution in [3.63, 3.8) is 0 Å². The Morgan fingerprint density at radius 1 is 1.10 bits per heavy atom. The third-order valence-electron chi connectivity index (χ3n) is 4.46. The summed E-state index contributed by atoms with van der Waals surface area (Å²) in [5.74, 6) is -0.122. The van der Waals surface area contributed by atoms with Gasteiger partial charge in [-0.05, 0) is 29.8 Å². The topological polar surface area (TPSA) is 64.2 Å². The van der Waals surface area contributed by atoms with Crippen molar-refractivity contribution in [1.29, 1.82) is 0 Å². The number of ether oxygens (including phenoxy) is 2. The summed E-state index contributed by atoms with van der Waals surface area (Å²) in [6.07, 6.45) is 0. The first kappa shape index (κ1) is 22.5. The zero-order valence-corrected chi connectivity index (χ0v) is 16.6. The molecule has 0 unspecified atom stereocenters. The fourth-order valence-electron chi connectivity index (χ4n) is 3.00. The van der Waals surface area contributed by atoms with Gasteiger partial charge in [0.15, 0.2) is 18.0 Å². The van der Waals surface area contributed by atoms with Crippen LogP contribution in [0.2, 0.25) is 0 Å². The third kappa shape index (κ3) is 6.98. The van der Waals surface area contributed by atoms with Gasteiger partial charge in [0, 0.05) is 18.0 Å². The van der Waals surface area contributed by atoms with E-state index in [0.29, 0.717) is 5.56 Å². The minimum Gasteiger partial charge on any atom is -0.493 e. The summed E-state index contributed by atoms with van der Waals surface area (Å²) in [5.41, 5.74) is 1.64. The molecule has 158 valence electrons. The molecule has 0 radical (unpaired) electrons. The Hall–Kier alpha value is -2.74. The number of halogens is 3. The molecule has 1 atom stereocenters. The number of hydrogen-bond acceptors (Lipinski definition) is 3. The minimum atomic E-state index is -2.94. The Morgan fingerprint density at radius 2 is 1.79 bits per heavy atom. The van der Waals surface area contributed by atoms with Crippen LogP contribution in [0.25, 0.3) is 0 Å². The van der Waals surface area contributed by atoms with Crippen molar-refractivity contribution in [1.82, 2.24) is 5.32 Å². The Bertz CT molecular complexity index is 798. The maximum atomic E-state index is 13.1. The Kier molecular flexibility index (Phi) is 8.33. The lowest BCUT2D eigenvalue weighted by Crippen LogP contribution is -2.88. The van der Waals surface area contributed by atoms with E-state index in [1.54, 1.807) is 18.2 Å². The molecule has 0 aliphatic rings. The van der Waals surface area contributed by atoms with Crippen LogP contribution in [0, 0.1) is 11.7 Å². The number of hydrogen-bond donors (Lipinski definition) is 2. The lowest BCUT2D eigenvalue weighted by Gasteiger charge is -2.19. The highest BCUT2D eigenvalue weighted by atomic mass is 19.3. The van der Waals surface area contributed by atoms with Crippen LogP contribution in [0.4, 0.5) is 13.2 Å².